The lowest BCUT2D eigenvalue weighted by molar-refractivity contribution is -0.190. The summed E-state index contributed by atoms with van der Waals surface area (Å²) in [5.41, 5.74) is 2.76. The summed E-state index contributed by atoms with van der Waals surface area (Å²) >= 11 is 0. The van der Waals surface area contributed by atoms with Gasteiger partial charge in [-0.2, -0.15) is 0 Å². The average molecular weight is 334 g/mol. The van der Waals surface area contributed by atoms with Crippen molar-refractivity contribution >= 4 is 0 Å². The molecule has 1 aliphatic heterocycles. The fourth-order valence-electron chi connectivity index (χ4n) is 4.22. The van der Waals surface area contributed by atoms with Crippen LogP contribution in [-0.4, -0.2) is 26.2 Å². The highest BCUT2D eigenvalue weighted by Gasteiger charge is 2.25. The van der Waals surface area contributed by atoms with Gasteiger partial charge in [0.1, 0.15) is 0 Å². The predicted molar refractivity (Wildman–Crippen MR) is 95.1 cm³/mol. The lowest BCUT2D eigenvalue weighted by atomic mass is 9.77. The third-order valence-electron chi connectivity index (χ3n) is 5.73. The maximum atomic E-state index is 12.3. The van der Waals surface area contributed by atoms with E-state index in [1.54, 1.807) is 0 Å². The number of ether oxygens (including phenoxy) is 2. The highest BCUT2D eigenvalue weighted by Crippen LogP contribution is 2.38. The van der Waals surface area contributed by atoms with Crippen LogP contribution in [0.15, 0.2) is 24.3 Å². The number of benzene rings is 1. The Morgan fingerprint density at radius 3 is 2.00 bits per heavy atom. The number of halogens is 1. The van der Waals surface area contributed by atoms with Crippen LogP contribution in [-0.2, 0) is 9.47 Å². The summed E-state index contributed by atoms with van der Waals surface area (Å²) in [5, 5.41) is 0. The fraction of sp³-hybridized carbons (Fsp3) is 0.714. The summed E-state index contributed by atoms with van der Waals surface area (Å²) < 4.78 is 23.5. The molecule has 0 spiro atoms. The van der Waals surface area contributed by atoms with Gasteiger partial charge in [-0.3, -0.25) is 4.39 Å². The Labute approximate surface area is 145 Å². The van der Waals surface area contributed by atoms with E-state index >= 15 is 0 Å². The van der Waals surface area contributed by atoms with Gasteiger partial charge in [0.2, 0.25) is 0 Å². The van der Waals surface area contributed by atoms with Crippen LogP contribution in [0, 0.1) is 5.92 Å². The maximum absolute atomic E-state index is 12.3. The Morgan fingerprint density at radius 1 is 0.875 bits per heavy atom. The summed E-state index contributed by atoms with van der Waals surface area (Å²) in [6.45, 7) is 3.17. The molecule has 2 aliphatic rings. The molecule has 1 heterocycles. The van der Waals surface area contributed by atoms with Crippen molar-refractivity contribution in [3.8, 4) is 0 Å². The lowest BCUT2D eigenvalue weighted by Crippen LogP contribution is -2.31. The van der Waals surface area contributed by atoms with Crippen molar-refractivity contribution in [2.45, 2.75) is 70.0 Å². The van der Waals surface area contributed by atoms with Crippen LogP contribution < -0.4 is 0 Å². The highest BCUT2D eigenvalue weighted by atomic mass is 19.1. The van der Waals surface area contributed by atoms with Gasteiger partial charge < -0.3 is 9.47 Å². The maximum Gasteiger partial charge on any atom is 0.160 e. The third kappa shape index (κ3) is 4.58. The Balaban J connectivity index is 1.51. The van der Waals surface area contributed by atoms with Gasteiger partial charge in [-0.05, 0) is 48.6 Å². The first-order valence-corrected chi connectivity index (χ1v) is 9.69. The van der Waals surface area contributed by atoms with Crippen molar-refractivity contribution in [1.29, 1.82) is 0 Å². The zero-order valence-corrected chi connectivity index (χ0v) is 14.9. The van der Waals surface area contributed by atoms with E-state index in [-0.39, 0.29) is 18.9 Å². The van der Waals surface area contributed by atoms with Gasteiger partial charge in [0.05, 0.1) is 19.9 Å². The first-order chi connectivity index (χ1) is 11.8. The number of rotatable bonds is 6. The van der Waals surface area contributed by atoms with Gasteiger partial charge in [0.25, 0.3) is 0 Å². The molecule has 134 valence electrons. The summed E-state index contributed by atoms with van der Waals surface area (Å²) in [4.78, 5) is 0. The van der Waals surface area contributed by atoms with Crippen LogP contribution in [0.5, 0.6) is 0 Å². The van der Waals surface area contributed by atoms with Gasteiger partial charge >= 0.3 is 0 Å². The number of alkyl halides is 1. The zero-order valence-electron chi connectivity index (χ0n) is 14.9. The molecule has 0 unspecified atom stereocenters. The quantitative estimate of drug-likeness (QED) is 0.676. The summed E-state index contributed by atoms with van der Waals surface area (Å²) in [7, 11) is 0. The fourth-order valence-corrected chi connectivity index (χ4v) is 4.22. The van der Waals surface area contributed by atoms with Crippen LogP contribution in [0.4, 0.5) is 4.39 Å². The van der Waals surface area contributed by atoms with Crippen molar-refractivity contribution in [1.82, 2.24) is 0 Å². The molecule has 2 nitrogen and oxygen atoms in total. The number of hydrogen-bond acceptors (Lipinski definition) is 2. The number of hydrogen-bond donors (Lipinski definition) is 0. The molecule has 3 rings (SSSR count). The van der Waals surface area contributed by atoms with Crippen LogP contribution in [0.2, 0.25) is 0 Å². The molecule has 0 aromatic heterocycles. The Morgan fingerprint density at radius 2 is 1.46 bits per heavy atom. The molecule has 1 aromatic rings. The van der Waals surface area contributed by atoms with E-state index in [1.807, 2.05) is 0 Å². The van der Waals surface area contributed by atoms with Gasteiger partial charge in [-0.25, -0.2) is 0 Å². The van der Waals surface area contributed by atoms with Crippen molar-refractivity contribution in [2.24, 2.45) is 5.92 Å². The van der Waals surface area contributed by atoms with Crippen LogP contribution in [0.3, 0.4) is 0 Å². The van der Waals surface area contributed by atoms with Crippen molar-refractivity contribution in [3.05, 3.63) is 35.4 Å². The van der Waals surface area contributed by atoms with E-state index in [0.717, 1.165) is 11.8 Å². The molecule has 0 bridgehead atoms. The Kier molecular flexibility index (Phi) is 6.67. The molecule has 1 saturated carbocycles. The molecular formula is C21H31FO2. The molecule has 0 N–H and O–H groups in total. The largest absolute Gasteiger partial charge is 0.352 e. The summed E-state index contributed by atoms with van der Waals surface area (Å²) in [5.74, 6) is 1.97. The summed E-state index contributed by atoms with van der Waals surface area (Å²) in [6.07, 6.45) is 8.16. The van der Waals surface area contributed by atoms with Gasteiger partial charge in [-0.15, -0.1) is 0 Å². The second kappa shape index (κ2) is 8.96. The highest BCUT2D eigenvalue weighted by molar-refractivity contribution is 5.28. The van der Waals surface area contributed by atoms with E-state index in [2.05, 4.69) is 31.2 Å². The van der Waals surface area contributed by atoms with Crippen LogP contribution >= 0.6 is 0 Å². The second-order valence-electron chi connectivity index (χ2n) is 7.44. The third-order valence-corrected chi connectivity index (χ3v) is 5.73. The molecule has 0 amide bonds. The molecule has 0 radical (unpaired) electrons. The van der Waals surface area contributed by atoms with Gasteiger partial charge in [0, 0.05) is 12.3 Å². The molecule has 1 saturated heterocycles. The van der Waals surface area contributed by atoms with Crippen molar-refractivity contribution in [3.63, 3.8) is 0 Å². The van der Waals surface area contributed by atoms with Crippen molar-refractivity contribution in [2.75, 3.05) is 19.9 Å². The van der Waals surface area contributed by atoms with Gasteiger partial charge in [-0.1, -0.05) is 44.0 Å². The van der Waals surface area contributed by atoms with E-state index < -0.39 is 0 Å². The van der Waals surface area contributed by atoms with Crippen LogP contribution in [0.1, 0.15) is 74.8 Å². The molecule has 1 aromatic carbocycles. The normalized spacial score (nSPS) is 31.1. The minimum atomic E-state index is -0.384. The minimum absolute atomic E-state index is 0.273. The average Bonchev–Trinajstić information content (AvgIpc) is 2.64. The van der Waals surface area contributed by atoms with E-state index in [9.17, 15) is 4.39 Å². The van der Waals surface area contributed by atoms with Crippen molar-refractivity contribution < 1.29 is 13.9 Å². The Hall–Kier alpha value is -0.930. The minimum Gasteiger partial charge on any atom is -0.352 e. The Bertz CT molecular complexity index is 426. The molecular weight excluding hydrogens is 303 g/mol. The lowest BCUT2D eigenvalue weighted by Gasteiger charge is -2.30. The summed E-state index contributed by atoms with van der Waals surface area (Å²) in [6, 6.07) is 9.07. The second-order valence-corrected chi connectivity index (χ2v) is 7.44. The molecule has 2 fully saturated rings. The van der Waals surface area contributed by atoms with E-state index in [4.69, 9.17) is 9.47 Å². The first-order valence-electron chi connectivity index (χ1n) is 9.69. The monoisotopic (exact) mass is 334 g/mol. The first kappa shape index (κ1) is 17.9. The zero-order chi connectivity index (χ0) is 16.8. The molecule has 1 aliphatic carbocycles. The van der Waals surface area contributed by atoms with Gasteiger partial charge in [0.15, 0.2) is 6.29 Å². The predicted octanol–water partition coefficient (Wildman–Crippen LogP) is 5.58. The van der Waals surface area contributed by atoms with Crippen LogP contribution in [0.25, 0.3) is 0 Å². The van der Waals surface area contributed by atoms with E-state index in [0.29, 0.717) is 19.6 Å². The van der Waals surface area contributed by atoms with E-state index in [1.165, 1.54) is 49.7 Å². The molecule has 0 atom stereocenters. The topological polar surface area (TPSA) is 18.5 Å². The smallest absolute Gasteiger partial charge is 0.160 e. The molecule has 3 heteroatoms. The SMILES string of the molecule is CCCC1CCC(c2ccc(C3COC(CCF)OC3)cc2)CC1. The molecule has 24 heavy (non-hydrogen) atoms. The standard InChI is InChI=1S/C21H31FO2/c1-2-3-16-4-6-17(7-5-16)18-8-10-19(11-9-18)20-14-23-21(12-13-22)24-15-20/h8-11,16-17,20-21H,2-7,12-15H2,1H3.